The number of carbonyl (C=O) groups excluding carboxylic acids is 1. The summed E-state index contributed by atoms with van der Waals surface area (Å²) in [5, 5.41) is 3.60. The summed E-state index contributed by atoms with van der Waals surface area (Å²) in [5.74, 6) is 1.07. The molecule has 1 amide bonds. The van der Waals surface area contributed by atoms with Gasteiger partial charge in [-0.3, -0.25) is 10.1 Å². The van der Waals surface area contributed by atoms with E-state index < -0.39 is 0 Å². The minimum atomic E-state index is 0.0123. The van der Waals surface area contributed by atoms with E-state index in [-0.39, 0.29) is 12.2 Å². The van der Waals surface area contributed by atoms with E-state index in [1.807, 2.05) is 11.3 Å². The maximum Gasteiger partial charge on any atom is 0.241 e. The van der Waals surface area contributed by atoms with Crippen LogP contribution in [0.15, 0.2) is 12.1 Å². The molecule has 116 valence electrons. The fraction of sp³-hybridized carbons (Fsp3) is 0.706. The molecule has 21 heavy (non-hydrogen) atoms. The van der Waals surface area contributed by atoms with Crippen LogP contribution in [0.5, 0.6) is 0 Å². The SMILES string of the molecule is CCCC1NC(c2ccc(C)s2)N(C2CCC(C)C2)C1=O. The van der Waals surface area contributed by atoms with Gasteiger partial charge >= 0.3 is 0 Å². The van der Waals surface area contributed by atoms with Crippen LogP contribution in [-0.4, -0.2) is 22.9 Å². The Balaban J connectivity index is 1.86. The second-order valence-corrected chi connectivity index (χ2v) is 8.00. The summed E-state index contributed by atoms with van der Waals surface area (Å²) >= 11 is 1.81. The zero-order valence-electron chi connectivity index (χ0n) is 13.3. The monoisotopic (exact) mass is 306 g/mol. The lowest BCUT2D eigenvalue weighted by Gasteiger charge is -2.29. The Morgan fingerprint density at radius 1 is 1.38 bits per heavy atom. The molecule has 1 aromatic rings. The summed E-state index contributed by atoms with van der Waals surface area (Å²) in [6.07, 6.45) is 5.67. The number of nitrogens with one attached hydrogen (secondary N) is 1. The lowest BCUT2D eigenvalue weighted by molar-refractivity contribution is -0.132. The molecule has 0 spiro atoms. The maximum atomic E-state index is 12.8. The second-order valence-electron chi connectivity index (χ2n) is 6.68. The number of hydrogen-bond acceptors (Lipinski definition) is 3. The highest BCUT2D eigenvalue weighted by Crippen LogP contribution is 2.38. The van der Waals surface area contributed by atoms with Gasteiger partial charge in [0.05, 0.1) is 6.04 Å². The Morgan fingerprint density at radius 3 is 2.76 bits per heavy atom. The van der Waals surface area contributed by atoms with E-state index in [1.165, 1.54) is 16.2 Å². The Hall–Kier alpha value is -0.870. The van der Waals surface area contributed by atoms with Crippen molar-refractivity contribution in [3.63, 3.8) is 0 Å². The maximum absolute atomic E-state index is 12.8. The van der Waals surface area contributed by atoms with E-state index in [4.69, 9.17) is 0 Å². The molecule has 0 aromatic carbocycles. The van der Waals surface area contributed by atoms with Gasteiger partial charge in [0.1, 0.15) is 6.17 Å². The fourth-order valence-electron chi connectivity index (χ4n) is 3.78. The molecular formula is C17H26N2OS. The van der Waals surface area contributed by atoms with Crippen molar-refractivity contribution in [2.75, 3.05) is 0 Å². The Labute approximate surface area is 131 Å². The number of thiophene rings is 1. The van der Waals surface area contributed by atoms with Crippen LogP contribution in [0, 0.1) is 12.8 Å². The van der Waals surface area contributed by atoms with E-state index in [2.05, 4.69) is 43.1 Å². The Bertz CT molecular complexity index is 513. The summed E-state index contributed by atoms with van der Waals surface area (Å²) < 4.78 is 0. The first-order chi connectivity index (χ1) is 10.1. The first-order valence-corrected chi connectivity index (χ1v) is 9.06. The highest BCUT2D eigenvalue weighted by atomic mass is 32.1. The van der Waals surface area contributed by atoms with Crippen molar-refractivity contribution < 1.29 is 4.79 Å². The summed E-state index contributed by atoms with van der Waals surface area (Å²) in [4.78, 5) is 17.6. The molecule has 4 unspecified atom stereocenters. The van der Waals surface area contributed by atoms with Crippen LogP contribution in [-0.2, 0) is 4.79 Å². The largest absolute Gasteiger partial charge is 0.318 e. The smallest absolute Gasteiger partial charge is 0.241 e. The number of aryl methyl sites for hydroxylation is 1. The lowest BCUT2D eigenvalue weighted by Crippen LogP contribution is -2.38. The topological polar surface area (TPSA) is 32.3 Å². The van der Waals surface area contributed by atoms with Crippen LogP contribution in [0.25, 0.3) is 0 Å². The van der Waals surface area contributed by atoms with Gasteiger partial charge in [0.2, 0.25) is 5.91 Å². The van der Waals surface area contributed by atoms with Crippen molar-refractivity contribution in [3.8, 4) is 0 Å². The van der Waals surface area contributed by atoms with Crippen molar-refractivity contribution in [2.24, 2.45) is 5.92 Å². The molecule has 2 fully saturated rings. The van der Waals surface area contributed by atoms with Crippen LogP contribution in [0.4, 0.5) is 0 Å². The second kappa shape index (κ2) is 6.09. The molecule has 1 aliphatic carbocycles. The van der Waals surface area contributed by atoms with Gasteiger partial charge in [-0.25, -0.2) is 0 Å². The standard InChI is InChI=1S/C17H26N2OS/c1-4-5-14-17(20)19(13-8-6-11(2)10-13)16(18-14)15-9-7-12(3)21-15/h7,9,11,13-14,16,18H,4-6,8,10H2,1-3H3. The van der Waals surface area contributed by atoms with Gasteiger partial charge in [0.25, 0.3) is 0 Å². The molecule has 2 heterocycles. The summed E-state index contributed by atoms with van der Waals surface area (Å²) in [6.45, 7) is 6.60. The van der Waals surface area contributed by atoms with Crippen molar-refractivity contribution in [2.45, 2.75) is 71.1 Å². The predicted molar refractivity (Wildman–Crippen MR) is 87.3 cm³/mol. The Kier molecular flexibility index (Phi) is 4.36. The molecule has 0 radical (unpaired) electrons. The zero-order chi connectivity index (χ0) is 15.0. The number of nitrogens with zero attached hydrogens (tertiary/aromatic N) is 1. The van der Waals surface area contributed by atoms with E-state index >= 15 is 0 Å². The van der Waals surface area contributed by atoms with Crippen LogP contribution in [0.2, 0.25) is 0 Å². The number of carbonyl (C=O) groups is 1. The van der Waals surface area contributed by atoms with E-state index in [1.54, 1.807) is 0 Å². The van der Waals surface area contributed by atoms with Crippen molar-refractivity contribution in [1.29, 1.82) is 0 Å². The number of amides is 1. The van der Waals surface area contributed by atoms with Crippen molar-refractivity contribution in [3.05, 3.63) is 21.9 Å². The minimum Gasteiger partial charge on any atom is -0.318 e. The Morgan fingerprint density at radius 2 is 2.19 bits per heavy atom. The molecule has 0 bridgehead atoms. The third kappa shape index (κ3) is 2.88. The van der Waals surface area contributed by atoms with Crippen LogP contribution in [0.3, 0.4) is 0 Å². The highest BCUT2D eigenvalue weighted by Gasteiger charge is 2.44. The molecule has 4 atom stereocenters. The average Bonchev–Trinajstić information content (AvgIpc) is 3.12. The van der Waals surface area contributed by atoms with Gasteiger partial charge < -0.3 is 4.90 Å². The van der Waals surface area contributed by atoms with Gasteiger partial charge in [-0.15, -0.1) is 11.3 Å². The zero-order valence-corrected chi connectivity index (χ0v) is 14.1. The van der Waals surface area contributed by atoms with Crippen molar-refractivity contribution in [1.82, 2.24) is 10.2 Å². The van der Waals surface area contributed by atoms with Gasteiger partial charge in [-0.1, -0.05) is 20.3 Å². The summed E-state index contributed by atoms with van der Waals surface area (Å²) in [7, 11) is 0. The van der Waals surface area contributed by atoms with Crippen LogP contribution in [0.1, 0.15) is 61.9 Å². The summed E-state index contributed by atoms with van der Waals surface area (Å²) in [5.41, 5.74) is 0. The highest BCUT2D eigenvalue weighted by molar-refractivity contribution is 7.12. The molecule has 1 saturated carbocycles. The van der Waals surface area contributed by atoms with Gasteiger partial charge in [-0.05, 0) is 50.7 Å². The lowest BCUT2D eigenvalue weighted by atomic mass is 10.1. The van der Waals surface area contributed by atoms with Gasteiger partial charge in [0, 0.05) is 15.8 Å². The van der Waals surface area contributed by atoms with E-state index in [0.717, 1.165) is 31.6 Å². The van der Waals surface area contributed by atoms with Crippen molar-refractivity contribution >= 4 is 17.2 Å². The molecule has 2 aliphatic rings. The molecule has 4 heteroatoms. The van der Waals surface area contributed by atoms with Crippen LogP contribution >= 0.6 is 11.3 Å². The summed E-state index contributed by atoms with van der Waals surface area (Å²) in [6, 6.07) is 4.78. The molecule has 1 aliphatic heterocycles. The molecule has 1 saturated heterocycles. The molecule has 1 aromatic heterocycles. The third-order valence-electron chi connectivity index (χ3n) is 4.86. The third-order valence-corrected chi connectivity index (χ3v) is 5.91. The molecule has 3 nitrogen and oxygen atoms in total. The quantitative estimate of drug-likeness (QED) is 0.916. The predicted octanol–water partition coefficient (Wildman–Crippen LogP) is 3.84. The van der Waals surface area contributed by atoms with E-state index in [9.17, 15) is 4.79 Å². The van der Waals surface area contributed by atoms with Crippen LogP contribution < -0.4 is 5.32 Å². The minimum absolute atomic E-state index is 0.0123. The molecule has 3 rings (SSSR count). The number of rotatable bonds is 4. The average molecular weight is 306 g/mol. The first-order valence-electron chi connectivity index (χ1n) is 8.24. The van der Waals surface area contributed by atoms with Gasteiger partial charge in [-0.2, -0.15) is 0 Å². The first kappa shape index (κ1) is 15.0. The fourth-order valence-corrected chi connectivity index (χ4v) is 4.72. The molecule has 1 N–H and O–H groups in total. The normalized spacial score (nSPS) is 33.1. The van der Waals surface area contributed by atoms with E-state index in [0.29, 0.717) is 11.9 Å². The van der Waals surface area contributed by atoms with Gasteiger partial charge in [0.15, 0.2) is 0 Å². The number of hydrogen-bond donors (Lipinski definition) is 1. The molecular weight excluding hydrogens is 280 g/mol.